The fourth-order valence-corrected chi connectivity index (χ4v) is 3.38. The van der Waals surface area contributed by atoms with Crippen molar-refractivity contribution in [2.45, 2.75) is 5.03 Å². The van der Waals surface area contributed by atoms with E-state index in [0.29, 0.717) is 26.3 Å². The second kappa shape index (κ2) is 8.25. The molecule has 3 nitrogen and oxygen atoms in total. The Morgan fingerprint density at radius 2 is 1.46 bits per heavy atom. The summed E-state index contributed by atoms with van der Waals surface area (Å²) in [5.74, 6) is 0.214. The van der Waals surface area contributed by atoms with Crippen molar-refractivity contribution in [1.29, 1.82) is 10.5 Å². The van der Waals surface area contributed by atoms with Crippen LogP contribution in [0.3, 0.4) is 0 Å². The highest BCUT2D eigenvalue weighted by Crippen LogP contribution is 2.34. The largest absolute Gasteiger partial charge is 0.240 e. The molecule has 0 aliphatic rings. The molecule has 126 valence electrons. The highest BCUT2D eigenvalue weighted by atomic mass is 35.5. The number of nitriles is 2. The van der Waals surface area contributed by atoms with Gasteiger partial charge in [-0.3, -0.25) is 0 Å². The van der Waals surface area contributed by atoms with Crippen molar-refractivity contribution >= 4 is 35.0 Å². The summed E-state index contributed by atoms with van der Waals surface area (Å²) >= 11 is 13.2. The Balaban J connectivity index is 2.22. The van der Waals surface area contributed by atoms with Gasteiger partial charge in [0.05, 0.1) is 23.1 Å². The van der Waals surface area contributed by atoms with Crippen LogP contribution < -0.4 is 0 Å². The van der Waals surface area contributed by atoms with Crippen molar-refractivity contribution in [3.8, 4) is 34.5 Å². The number of pyridine rings is 1. The monoisotopic (exact) mass is 395 g/mol. The van der Waals surface area contributed by atoms with Crippen LogP contribution in [0.15, 0.2) is 59.6 Å². The van der Waals surface area contributed by atoms with Gasteiger partial charge in [-0.2, -0.15) is 10.5 Å². The van der Waals surface area contributed by atoms with Crippen molar-refractivity contribution in [1.82, 2.24) is 4.98 Å². The lowest BCUT2D eigenvalue weighted by Gasteiger charge is -2.12. The van der Waals surface area contributed by atoms with Crippen LogP contribution in [0.25, 0.3) is 22.4 Å². The smallest absolute Gasteiger partial charge is 0.116 e. The van der Waals surface area contributed by atoms with Gasteiger partial charge in [-0.05, 0) is 35.9 Å². The Kier molecular flexibility index (Phi) is 5.81. The molecule has 1 aromatic heterocycles. The van der Waals surface area contributed by atoms with Gasteiger partial charge in [0.2, 0.25) is 0 Å². The molecule has 3 rings (SSSR count). The van der Waals surface area contributed by atoms with Crippen molar-refractivity contribution in [2.24, 2.45) is 0 Å². The van der Waals surface area contributed by atoms with E-state index >= 15 is 0 Å². The molecule has 0 saturated heterocycles. The van der Waals surface area contributed by atoms with Gasteiger partial charge in [0.1, 0.15) is 11.1 Å². The van der Waals surface area contributed by atoms with Crippen LogP contribution in [-0.4, -0.2) is 10.7 Å². The van der Waals surface area contributed by atoms with E-state index in [-0.39, 0.29) is 5.75 Å². The molecule has 0 radical (unpaired) electrons. The quantitative estimate of drug-likeness (QED) is 0.492. The van der Waals surface area contributed by atoms with E-state index in [0.717, 1.165) is 16.7 Å². The summed E-state index contributed by atoms with van der Waals surface area (Å²) in [4.78, 5) is 4.60. The van der Waals surface area contributed by atoms with Crippen LogP contribution in [0.5, 0.6) is 0 Å². The van der Waals surface area contributed by atoms with E-state index in [1.807, 2.05) is 30.3 Å². The molecule has 0 amide bonds. The van der Waals surface area contributed by atoms with Crippen LogP contribution in [0.4, 0.5) is 0 Å². The molecule has 0 N–H and O–H groups in total. The molecule has 0 aliphatic heterocycles. The summed E-state index contributed by atoms with van der Waals surface area (Å²) < 4.78 is 0. The van der Waals surface area contributed by atoms with E-state index < -0.39 is 0 Å². The second-order valence-electron chi connectivity index (χ2n) is 5.31. The SMILES string of the molecule is N#CCSc1nc(-c2ccc(Cl)cc2)cc(-c2ccc(Cl)cc2)c1C#N. The first-order valence-electron chi connectivity index (χ1n) is 7.59. The zero-order valence-corrected chi connectivity index (χ0v) is 15.7. The topological polar surface area (TPSA) is 60.5 Å². The van der Waals surface area contributed by atoms with Crippen LogP contribution in [0.2, 0.25) is 10.0 Å². The maximum Gasteiger partial charge on any atom is 0.116 e. The summed E-state index contributed by atoms with van der Waals surface area (Å²) in [6.45, 7) is 0. The minimum absolute atomic E-state index is 0.214. The number of rotatable bonds is 4. The predicted octanol–water partition coefficient (Wildman–Crippen LogP) is 6.21. The van der Waals surface area contributed by atoms with Crippen LogP contribution in [-0.2, 0) is 0 Å². The minimum atomic E-state index is 0.214. The van der Waals surface area contributed by atoms with Crippen LogP contribution in [0, 0.1) is 22.7 Å². The average Bonchev–Trinajstić information content (AvgIpc) is 2.66. The number of thioether (sulfide) groups is 1. The maximum atomic E-state index is 9.68. The maximum absolute atomic E-state index is 9.68. The fraction of sp³-hybridized carbons (Fsp3) is 0.0500. The van der Waals surface area contributed by atoms with Gasteiger partial charge >= 0.3 is 0 Å². The van der Waals surface area contributed by atoms with Gasteiger partial charge in [-0.15, -0.1) is 0 Å². The van der Waals surface area contributed by atoms with Gasteiger partial charge < -0.3 is 0 Å². The van der Waals surface area contributed by atoms with E-state index in [9.17, 15) is 5.26 Å². The molecular weight excluding hydrogens is 385 g/mol. The second-order valence-corrected chi connectivity index (χ2v) is 7.14. The van der Waals surface area contributed by atoms with Crippen molar-refractivity contribution in [3.63, 3.8) is 0 Å². The molecular formula is C20H11Cl2N3S. The Bertz CT molecular complexity index is 1020. The van der Waals surface area contributed by atoms with Gasteiger partial charge in [0, 0.05) is 21.2 Å². The minimum Gasteiger partial charge on any atom is -0.240 e. The van der Waals surface area contributed by atoms with Gasteiger partial charge in [0.25, 0.3) is 0 Å². The fourth-order valence-electron chi connectivity index (χ4n) is 2.46. The summed E-state index contributed by atoms with van der Waals surface area (Å²) in [6, 6.07) is 20.8. The Hall–Kier alpha value is -2.50. The van der Waals surface area contributed by atoms with Crippen LogP contribution in [0.1, 0.15) is 5.56 Å². The van der Waals surface area contributed by atoms with Crippen molar-refractivity contribution in [2.75, 3.05) is 5.75 Å². The number of hydrogen-bond donors (Lipinski definition) is 0. The number of aromatic nitrogens is 1. The van der Waals surface area contributed by atoms with Crippen molar-refractivity contribution in [3.05, 3.63) is 70.2 Å². The first kappa shape index (κ1) is 18.3. The molecule has 0 atom stereocenters. The molecule has 2 aromatic carbocycles. The molecule has 0 spiro atoms. The molecule has 3 aromatic rings. The molecule has 6 heteroatoms. The highest BCUT2D eigenvalue weighted by Gasteiger charge is 2.16. The lowest BCUT2D eigenvalue weighted by Crippen LogP contribution is -1.96. The van der Waals surface area contributed by atoms with Crippen molar-refractivity contribution < 1.29 is 0 Å². The molecule has 0 bridgehead atoms. The summed E-state index contributed by atoms with van der Waals surface area (Å²) in [6.07, 6.45) is 0. The van der Waals surface area contributed by atoms with Crippen LogP contribution >= 0.6 is 35.0 Å². The number of nitrogens with zero attached hydrogens (tertiary/aromatic N) is 3. The standard InChI is InChI=1S/C20H11Cl2N3S/c21-15-5-1-13(2-6-15)17-11-19(14-3-7-16(22)8-4-14)25-20(18(17)12-24)26-10-9-23/h1-8,11H,10H2. The third-order valence-corrected chi connectivity index (χ3v) is 5.01. The number of benzene rings is 2. The molecule has 1 heterocycles. The van der Waals surface area contributed by atoms with E-state index in [4.69, 9.17) is 28.5 Å². The molecule has 0 saturated carbocycles. The molecule has 0 fully saturated rings. The van der Waals surface area contributed by atoms with E-state index in [2.05, 4.69) is 17.1 Å². The number of hydrogen-bond acceptors (Lipinski definition) is 4. The lowest BCUT2D eigenvalue weighted by atomic mass is 9.99. The van der Waals surface area contributed by atoms with Gasteiger partial charge in [-0.1, -0.05) is 59.2 Å². The van der Waals surface area contributed by atoms with Gasteiger partial charge in [-0.25, -0.2) is 4.98 Å². The third kappa shape index (κ3) is 4.00. The summed E-state index contributed by atoms with van der Waals surface area (Å²) in [5, 5.41) is 20.4. The summed E-state index contributed by atoms with van der Waals surface area (Å²) in [5.41, 5.74) is 3.66. The lowest BCUT2D eigenvalue weighted by molar-refractivity contribution is 1.12. The molecule has 26 heavy (non-hydrogen) atoms. The molecule has 0 unspecified atom stereocenters. The first-order chi connectivity index (χ1) is 12.6. The number of halogens is 2. The molecule has 0 aliphatic carbocycles. The normalized spacial score (nSPS) is 10.2. The van der Waals surface area contributed by atoms with E-state index in [1.165, 1.54) is 11.8 Å². The Labute approximate surface area is 165 Å². The Morgan fingerprint density at radius 3 is 2.00 bits per heavy atom. The predicted molar refractivity (Wildman–Crippen MR) is 106 cm³/mol. The highest BCUT2D eigenvalue weighted by molar-refractivity contribution is 7.99. The average molecular weight is 396 g/mol. The third-order valence-electron chi connectivity index (χ3n) is 3.67. The zero-order chi connectivity index (χ0) is 18.5. The zero-order valence-electron chi connectivity index (χ0n) is 13.4. The first-order valence-corrected chi connectivity index (χ1v) is 9.33. The Morgan fingerprint density at radius 1 is 0.885 bits per heavy atom. The van der Waals surface area contributed by atoms with Gasteiger partial charge in [0.15, 0.2) is 0 Å². The summed E-state index contributed by atoms with van der Waals surface area (Å²) in [7, 11) is 0. The van der Waals surface area contributed by atoms with E-state index in [1.54, 1.807) is 24.3 Å².